The molecule has 16 heavy (non-hydrogen) atoms. The standard InChI is InChI=1S/C11H13F2NO2/c1-7-5-8(15)3-4-9(7)14-10(16)6-11(2,12)13/h3-5,15H,6H2,1-2H3,(H,14,16). The molecule has 2 N–H and O–H groups in total. The maximum Gasteiger partial charge on any atom is 0.254 e. The minimum absolute atomic E-state index is 0.0660. The average molecular weight is 229 g/mol. The Hall–Kier alpha value is -1.65. The van der Waals surface area contributed by atoms with Gasteiger partial charge in [-0.05, 0) is 37.6 Å². The SMILES string of the molecule is Cc1cc(O)ccc1NC(=O)CC(C)(F)F. The van der Waals surface area contributed by atoms with E-state index in [1.165, 1.54) is 18.2 Å². The molecule has 0 spiro atoms. The number of anilines is 1. The lowest BCUT2D eigenvalue weighted by Gasteiger charge is -2.12. The van der Waals surface area contributed by atoms with E-state index in [0.29, 0.717) is 18.2 Å². The van der Waals surface area contributed by atoms with Gasteiger partial charge in [0.25, 0.3) is 5.92 Å². The van der Waals surface area contributed by atoms with Crippen molar-refractivity contribution in [2.75, 3.05) is 5.32 Å². The van der Waals surface area contributed by atoms with Gasteiger partial charge in [0.1, 0.15) is 5.75 Å². The first-order chi connectivity index (χ1) is 7.28. The summed E-state index contributed by atoms with van der Waals surface area (Å²) in [5.74, 6) is -3.70. The summed E-state index contributed by atoms with van der Waals surface area (Å²) >= 11 is 0. The molecule has 0 unspecified atom stereocenters. The Morgan fingerprint density at radius 3 is 2.62 bits per heavy atom. The number of rotatable bonds is 3. The van der Waals surface area contributed by atoms with Gasteiger partial charge in [0.15, 0.2) is 0 Å². The molecular formula is C11H13F2NO2. The summed E-state index contributed by atoms with van der Waals surface area (Å²) in [7, 11) is 0. The first-order valence-corrected chi connectivity index (χ1v) is 4.75. The van der Waals surface area contributed by atoms with Crippen molar-refractivity contribution in [2.24, 2.45) is 0 Å². The quantitative estimate of drug-likeness (QED) is 0.783. The molecule has 0 heterocycles. The van der Waals surface area contributed by atoms with Crippen LogP contribution in [0.25, 0.3) is 0 Å². The van der Waals surface area contributed by atoms with Crippen molar-refractivity contribution in [3.05, 3.63) is 23.8 Å². The summed E-state index contributed by atoms with van der Waals surface area (Å²) in [6.45, 7) is 2.36. The number of benzene rings is 1. The summed E-state index contributed by atoms with van der Waals surface area (Å²) in [4.78, 5) is 11.2. The molecule has 1 aromatic carbocycles. The van der Waals surface area contributed by atoms with Crippen LogP contribution < -0.4 is 5.32 Å². The number of hydrogen-bond acceptors (Lipinski definition) is 2. The maximum atomic E-state index is 12.5. The molecule has 0 fully saturated rings. The molecule has 0 saturated heterocycles. The number of hydrogen-bond donors (Lipinski definition) is 2. The molecule has 88 valence electrons. The molecule has 0 bridgehead atoms. The van der Waals surface area contributed by atoms with Crippen molar-refractivity contribution in [3.8, 4) is 5.75 Å². The van der Waals surface area contributed by atoms with Crippen molar-refractivity contribution in [3.63, 3.8) is 0 Å². The molecule has 0 aliphatic carbocycles. The van der Waals surface area contributed by atoms with Crippen LogP contribution in [0.1, 0.15) is 18.9 Å². The van der Waals surface area contributed by atoms with E-state index in [9.17, 15) is 13.6 Å². The van der Waals surface area contributed by atoms with Gasteiger partial charge in [-0.15, -0.1) is 0 Å². The molecule has 3 nitrogen and oxygen atoms in total. The van der Waals surface area contributed by atoms with E-state index in [-0.39, 0.29) is 5.75 Å². The maximum absolute atomic E-state index is 12.5. The summed E-state index contributed by atoms with van der Waals surface area (Å²) < 4.78 is 25.1. The molecule has 1 rings (SSSR count). The smallest absolute Gasteiger partial charge is 0.254 e. The van der Waals surface area contributed by atoms with Gasteiger partial charge in [0.05, 0.1) is 6.42 Å². The first-order valence-electron chi connectivity index (χ1n) is 4.75. The number of amides is 1. The van der Waals surface area contributed by atoms with Gasteiger partial charge in [0, 0.05) is 5.69 Å². The zero-order valence-electron chi connectivity index (χ0n) is 9.05. The van der Waals surface area contributed by atoms with Crippen LogP contribution >= 0.6 is 0 Å². The Morgan fingerprint density at radius 1 is 1.50 bits per heavy atom. The van der Waals surface area contributed by atoms with Crippen LogP contribution in [-0.2, 0) is 4.79 Å². The second-order valence-corrected chi connectivity index (χ2v) is 3.79. The van der Waals surface area contributed by atoms with Crippen molar-refractivity contribution < 1.29 is 18.7 Å². The number of alkyl halides is 2. The molecule has 1 aromatic rings. The minimum atomic E-state index is -3.02. The molecule has 1 amide bonds. The molecule has 0 saturated carbocycles. The Bertz CT molecular complexity index is 399. The van der Waals surface area contributed by atoms with Crippen molar-refractivity contribution in [1.82, 2.24) is 0 Å². The predicted octanol–water partition coefficient (Wildman–Crippen LogP) is 2.68. The highest BCUT2D eigenvalue weighted by Crippen LogP contribution is 2.22. The summed E-state index contributed by atoms with van der Waals surface area (Å²) in [6.07, 6.45) is -0.854. The second kappa shape index (κ2) is 4.47. The van der Waals surface area contributed by atoms with Crippen LogP contribution in [-0.4, -0.2) is 16.9 Å². The Morgan fingerprint density at radius 2 is 2.12 bits per heavy atom. The highest BCUT2D eigenvalue weighted by molar-refractivity contribution is 5.92. The second-order valence-electron chi connectivity index (χ2n) is 3.79. The van der Waals surface area contributed by atoms with Crippen LogP contribution in [0.4, 0.5) is 14.5 Å². The minimum Gasteiger partial charge on any atom is -0.508 e. The van der Waals surface area contributed by atoms with Gasteiger partial charge >= 0.3 is 0 Å². The molecule has 0 aliphatic heterocycles. The van der Waals surface area contributed by atoms with E-state index in [1.807, 2.05) is 0 Å². The first kappa shape index (κ1) is 12.4. The third-order valence-corrected chi connectivity index (χ3v) is 1.96. The zero-order chi connectivity index (χ0) is 12.3. The van der Waals surface area contributed by atoms with E-state index in [4.69, 9.17) is 5.11 Å². The van der Waals surface area contributed by atoms with E-state index in [1.54, 1.807) is 6.92 Å². The van der Waals surface area contributed by atoms with Crippen LogP contribution in [0.5, 0.6) is 5.75 Å². The van der Waals surface area contributed by atoms with E-state index in [2.05, 4.69) is 5.32 Å². The highest BCUT2D eigenvalue weighted by atomic mass is 19.3. The summed E-state index contributed by atoms with van der Waals surface area (Å²) in [6, 6.07) is 4.29. The third kappa shape index (κ3) is 3.84. The molecule has 0 atom stereocenters. The fraction of sp³-hybridized carbons (Fsp3) is 0.364. The number of phenols is 1. The van der Waals surface area contributed by atoms with E-state index in [0.717, 1.165) is 0 Å². The van der Waals surface area contributed by atoms with E-state index < -0.39 is 18.3 Å². The molecule has 5 heteroatoms. The van der Waals surface area contributed by atoms with Crippen molar-refractivity contribution in [2.45, 2.75) is 26.2 Å². The zero-order valence-corrected chi connectivity index (χ0v) is 9.05. The van der Waals surface area contributed by atoms with Gasteiger partial charge in [-0.3, -0.25) is 4.79 Å². The Balaban J connectivity index is 2.70. The lowest BCUT2D eigenvalue weighted by Crippen LogP contribution is -2.22. The molecular weight excluding hydrogens is 216 g/mol. The van der Waals surface area contributed by atoms with Crippen LogP contribution in [0.15, 0.2) is 18.2 Å². The van der Waals surface area contributed by atoms with Gasteiger partial charge < -0.3 is 10.4 Å². The fourth-order valence-electron chi connectivity index (χ4n) is 1.26. The number of carbonyl (C=O) groups excluding carboxylic acids is 1. The fourth-order valence-corrected chi connectivity index (χ4v) is 1.26. The molecule has 0 aromatic heterocycles. The Kier molecular flexibility index (Phi) is 3.47. The number of halogens is 2. The van der Waals surface area contributed by atoms with Gasteiger partial charge in [0.2, 0.25) is 5.91 Å². The number of nitrogens with one attached hydrogen (secondary N) is 1. The lowest BCUT2D eigenvalue weighted by atomic mass is 10.2. The van der Waals surface area contributed by atoms with Gasteiger partial charge in [-0.25, -0.2) is 8.78 Å². The van der Waals surface area contributed by atoms with Crippen molar-refractivity contribution >= 4 is 11.6 Å². The van der Waals surface area contributed by atoms with Crippen LogP contribution in [0, 0.1) is 6.92 Å². The van der Waals surface area contributed by atoms with Crippen LogP contribution in [0.2, 0.25) is 0 Å². The number of phenolic OH excluding ortho intramolecular Hbond substituents is 1. The lowest BCUT2D eigenvalue weighted by molar-refractivity contribution is -0.122. The monoisotopic (exact) mass is 229 g/mol. The van der Waals surface area contributed by atoms with Gasteiger partial charge in [-0.2, -0.15) is 0 Å². The number of carbonyl (C=O) groups is 1. The summed E-state index contributed by atoms with van der Waals surface area (Å²) in [5, 5.41) is 11.5. The van der Waals surface area contributed by atoms with Gasteiger partial charge in [-0.1, -0.05) is 0 Å². The van der Waals surface area contributed by atoms with Crippen molar-refractivity contribution in [1.29, 1.82) is 0 Å². The predicted molar refractivity (Wildman–Crippen MR) is 56.7 cm³/mol. The average Bonchev–Trinajstić information content (AvgIpc) is 2.06. The largest absolute Gasteiger partial charge is 0.508 e. The summed E-state index contributed by atoms with van der Waals surface area (Å²) in [5.41, 5.74) is 1.04. The van der Waals surface area contributed by atoms with Crippen LogP contribution in [0.3, 0.4) is 0 Å². The Labute approximate surface area is 92.1 Å². The molecule has 0 aliphatic rings. The number of aromatic hydroxyl groups is 1. The topological polar surface area (TPSA) is 49.3 Å². The third-order valence-electron chi connectivity index (χ3n) is 1.96. The number of aryl methyl sites for hydroxylation is 1. The highest BCUT2D eigenvalue weighted by Gasteiger charge is 2.25. The van der Waals surface area contributed by atoms with E-state index >= 15 is 0 Å². The molecule has 0 radical (unpaired) electrons. The normalized spacial score (nSPS) is 11.2.